The fourth-order valence-electron chi connectivity index (χ4n) is 5.07. The van der Waals surface area contributed by atoms with E-state index in [0.29, 0.717) is 16.0 Å². The summed E-state index contributed by atoms with van der Waals surface area (Å²) in [5.74, 6) is -0.982. The number of fused-ring (bicyclic) bond motifs is 1. The Morgan fingerprint density at radius 1 is 1.05 bits per heavy atom. The first-order chi connectivity index (χ1) is 21.0. The average molecular weight is 629 g/mol. The maximum atomic E-state index is 13.1. The number of hydrogen-bond donors (Lipinski definition) is 2. The number of aromatic nitrogens is 2. The van der Waals surface area contributed by atoms with Gasteiger partial charge in [-0.15, -0.1) is 11.3 Å². The smallest absolute Gasteiger partial charge is 0.253 e. The van der Waals surface area contributed by atoms with E-state index in [2.05, 4.69) is 59.8 Å². The van der Waals surface area contributed by atoms with Gasteiger partial charge in [0.25, 0.3) is 5.91 Å². The molecule has 228 valence electrons. The standard InChI is InChI=1S/C34H36N4O4S2/c1-22(2)44(41,42)38-20-29(28-14-7-8-15-31(28)38)33(40)35-19-32(39)37-34-36-30(21-43-34)26-13-9-12-25(18-26)27-16-23(3)10-5-6-11-24(4)17-27/h7-10,12-18,20-22H,5-6,11,19H2,1-4H3,(H,35,40)(H,36,37,39)/b23-10?,24-17+,27-16?. The predicted molar refractivity (Wildman–Crippen MR) is 179 cm³/mol. The Bertz CT molecular complexity index is 1930. The molecule has 4 aromatic rings. The van der Waals surface area contributed by atoms with Gasteiger partial charge >= 0.3 is 0 Å². The van der Waals surface area contributed by atoms with Crippen molar-refractivity contribution < 1.29 is 18.0 Å². The highest BCUT2D eigenvalue weighted by Gasteiger charge is 2.24. The van der Waals surface area contributed by atoms with Gasteiger partial charge in [0.05, 0.1) is 28.6 Å². The molecule has 2 N–H and O–H groups in total. The van der Waals surface area contributed by atoms with Crippen molar-refractivity contribution in [3.8, 4) is 11.3 Å². The van der Waals surface area contributed by atoms with Crippen LogP contribution in [0.1, 0.15) is 62.9 Å². The first-order valence-corrected chi connectivity index (χ1v) is 17.0. The van der Waals surface area contributed by atoms with Crippen molar-refractivity contribution in [3.05, 3.63) is 101 Å². The van der Waals surface area contributed by atoms with Gasteiger partial charge in [0.2, 0.25) is 15.9 Å². The third-order valence-corrected chi connectivity index (χ3v) is 10.3. The highest BCUT2D eigenvalue weighted by atomic mass is 32.2. The van der Waals surface area contributed by atoms with E-state index < -0.39 is 27.1 Å². The third-order valence-electron chi connectivity index (χ3n) is 7.47. The van der Waals surface area contributed by atoms with Crippen molar-refractivity contribution in [1.82, 2.24) is 14.3 Å². The van der Waals surface area contributed by atoms with Crippen LogP contribution in [0.25, 0.3) is 27.7 Å². The SMILES string of the molecule is CC1=CCCC/C(C)=C/C(c2cccc(-c3csc(NC(=O)CNC(=O)c4cn(S(=O)(=O)C(C)C)c5ccccc45)n3)c2)=C1. The normalized spacial score (nSPS) is 15.4. The molecule has 8 nitrogen and oxygen atoms in total. The number of hydrogen-bond acceptors (Lipinski definition) is 6. The zero-order chi connectivity index (χ0) is 31.4. The van der Waals surface area contributed by atoms with Crippen molar-refractivity contribution in [2.24, 2.45) is 0 Å². The van der Waals surface area contributed by atoms with Crippen LogP contribution in [0, 0.1) is 0 Å². The van der Waals surface area contributed by atoms with Crippen molar-refractivity contribution in [1.29, 1.82) is 0 Å². The number of carbonyl (C=O) groups is 2. The molecule has 2 amide bonds. The van der Waals surface area contributed by atoms with Crippen LogP contribution in [0.5, 0.6) is 0 Å². The highest BCUT2D eigenvalue weighted by Crippen LogP contribution is 2.30. The largest absolute Gasteiger partial charge is 0.343 e. The van der Waals surface area contributed by atoms with E-state index in [0.717, 1.165) is 45.6 Å². The number of thiazole rings is 1. The summed E-state index contributed by atoms with van der Waals surface area (Å²) in [5.41, 5.74) is 7.12. The molecule has 10 heteroatoms. The van der Waals surface area contributed by atoms with Crippen LogP contribution < -0.4 is 10.6 Å². The molecule has 5 rings (SSSR count). The molecule has 0 aliphatic heterocycles. The van der Waals surface area contributed by atoms with Crippen LogP contribution in [0.2, 0.25) is 0 Å². The van der Waals surface area contributed by atoms with Gasteiger partial charge in [-0.05, 0) is 70.2 Å². The lowest BCUT2D eigenvalue weighted by Crippen LogP contribution is -2.32. The fourth-order valence-corrected chi connectivity index (χ4v) is 6.95. The summed E-state index contributed by atoms with van der Waals surface area (Å²) in [6.07, 6.45) is 11.4. The summed E-state index contributed by atoms with van der Waals surface area (Å²) in [4.78, 5) is 30.4. The van der Waals surface area contributed by atoms with Gasteiger partial charge in [-0.2, -0.15) is 0 Å². The summed E-state index contributed by atoms with van der Waals surface area (Å²) < 4.78 is 26.9. The third kappa shape index (κ3) is 6.92. The quantitative estimate of drug-likeness (QED) is 0.215. The van der Waals surface area contributed by atoms with Crippen LogP contribution >= 0.6 is 11.3 Å². The summed E-state index contributed by atoms with van der Waals surface area (Å²) in [5, 5.41) is 7.49. The summed E-state index contributed by atoms with van der Waals surface area (Å²) >= 11 is 1.30. The lowest BCUT2D eigenvalue weighted by atomic mass is 9.98. The zero-order valence-electron chi connectivity index (χ0n) is 25.3. The van der Waals surface area contributed by atoms with Gasteiger partial charge in [-0.3, -0.25) is 9.59 Å². The summed E-state index contributed by atoms with van der Waals surface area (Å²) in [6.45, 7) is 7.18. The Hall–Kier alpha value is -4.28. The average Bonchev–Trinajstić information content (AvgIpc) is 3.64. The van der Waals surface area contributed by atoms with Crippen LogP contribution in [-0.4, -0.2) is 41.0 Å². The molecular weight excluding hydrogens is 593 g/mol. The van der Waals surface area contributed by atoms with Crippen LogP contribution in [0.15, 0.2) is 89.5 Å². The summed E-state index contributed by atoms with van der Waals surface area (Å²) in [6, 6.07) is 15.0. The lowest BCUT2D eigenvalue weighted by molar-refractivity contribution is -0.115. The fraction of sp³-hybridized carbons (Fsp3) is 0.265. The van der Waals surface area contributed by atoms with Crippen molar-refractivity contribution in [3.63, 3.8) is 0 Å². The molecule has 0 unspecified atom stereocenters. The van der Waals surface area contributed by atoms with Gasteiger partial charge in [0, 0.05) is 22.5 Å². The second-order valence-electron chi connectivity index (χ2n) is 11.2. The molecule has 0 radical (unpaired) electrons. The minimum atomic E-state index is -3.69. The summed E-state index contributed by atoms with van der Waals surface area (Å²) in [7, 11) is -3.69. The maximum absolute atomic E-state index is 13.1. The van der Waals surface area contributed by atoms with E-state index >= 15 is 0 Å². The minimum absolute atomic E-state index is 0.180. The second-order valence-corrected chi connectivity index (χ2v) is 14.5. The molecule has 0 fully saturated rings. The Morgan fingerprint density at radius 2 is 1.82 bits per heavy atom. The number of allylic oxidation sites excluding steroid dienone is 6. The second kappa shape index (κ2) is 13.2. The molecule has 0 saturated heterocycles. The number of anilines is 1. The Labute approximate surface area is 262 Å². The van der Waals surface area contributed by atoms with Crippen molar-refractivity contribution in [2.75, 3.05) is 11.9 Å². The van der Waals surface area contributed by atoms with E-state index in [-0.39, 0.29) is 12.1 Å². The van der Waals surface area contributed by atoms with E-state index in [1.807, 2.05) is 17.5 Å². The Balaban J connectivity index is 1.27. The van der Waals surface area contributed by atoms with E-state index in [1.165, 1.54) is 28.7 Å². The van der Waals surface area contributed by atoms with Crippen LogP contribution in [0.4, 0.5) is 5.13 Å². The van der Waals surface area contributed by atoms with Gasteiger partial charge in [-0.25, -0.2) is 17.4 Å². The van der Waals surface area contributed by atoms with Crippen LogP contribution in [-0.2, 0) is 14.8 Å². The zero-order valence-corrected chi connectivity index (χ0v) is 26.9. The van der Waals surface area contributed by atoms with Gasteiger partial charge in [0.15, 0.2) is 5.13 Å². The molecular formula is C34H36N4O4S2. The molecule has 0 bridgehead atoms. The predicted octanol–water partition coefficient (Wildman–Crippen LogP) is 7.18. The Kier molecular flexibility index (Phi) is 9.31. The minimum Gasteiger partial charge on any atom is -0.343 e. The number of para-hydroxylation sites is 1. The van der Waals surface area contributed by atoms with Crippen molar-refractivity contribution in [2.45, 2.75) is 52.2 Å². The van der Waals surface area contributed by atoms with Gasteiger partial charge < -0.3 is 10.6 Å². The molecule has 0 spiro atoms. The Morgan fingerprint density at radius 3 is 2.61 bits per heavy atom. The molecule has 1 aliphatic carbocycles. The van der Waals surface area contributed by atoms with Gasteiger partial charge in [0.1, 0.15) is 0 Å². The topological polar surface area (TPSA) is 110 Å². The monoisotopic (exact) mass is 628 g/mol. The number of rotatable bonds is 8. The molecule has 0 saturated carbocycles. The first kappa shape index (κ1) is 31.2. The molecule has 0 atom stereocenters. The molecule has 2 heterocycles. The number of carbonyl (C=O) groups excluding carboxylic acids is 2. The van der Waals surface area contributed by atoms with E-state index in [4.69, 9.17) is 0 Å². The van der Waals surface area contributed by atoms with Crippen molar-refractivity contribution >= 4 is 54.8 Å². The first-order valence-electron chi connectivity index (χ1n) is 14.6. The lowest BCUT2D eigenvalue weighted by Gasteiger charge is -2.10. The maximum Gasteiger partial charge on any atom is 0.253 e. The van der Waals surface area contributed by atoms with E-state index in [1.54, 1.807) is 38.1 Å². The number of nitrogens with zero attached hydrogens (tertiary/aromatic N) is 2. The molecule has 1 aliphatic rings. The molecule has 2 aromatic heterocycles. The molecule has 44 heavy (non-hydrogen) atoms. The number of benzene rings is 2. The number of nitrogens with one attached hydrogen (secondary N) is 2. The number of amides is 2. The van der Waals surface area contributed by atoms with E-state index in [9.17, 15) is 18.0 Å². The van der Waals surface area contributed by atoms with Crippen LogP contribution in [0.3, 0.4) is 0 Å². The molecule has 2 aromatic carbocycles. The highest BCUT2D eigenvalue weighted by molar-refractivity contribution is 7.90. The van der Waals surface area contributed by atoms with Gasteiger partial charge in [-0.1, -0.05) is 65.8 Å².